The highest BCUT2D eigenvalue weighted by Gasteiger charge is 2.16. The smallest absolute Gasteiger partial charge is 0.307 e. The highest BCUT2D eigenvalue weighted by Crippen LogP contribution is 2.29. The number of hydrogen-bond donors (Lipinski definition) is 1. The first-order valence-electron chi connectivity index (χ1n) is 7.12. The van der Waals surface area contributed by atoms with Gasteiger partial charge in [0.25, 0.3) is 0 Å². The highest BCUT2D eigenvalue weighted by molar-refractivity contribution is 7.07. The average molecular weight is 336 g/mol. The van der Waals surface area contributed by atoms with Crippen LogP contribution >= 0.6 is 11.3 Å². The van der Waals surface area contributed by atoms with Gasteiger partial charge in [-0.1, -0.05) is 11.3 Å². The Morgan fingerprint density at radius 1 is 1.35 bits per heavy atom. The van der Waals surface area contributed by atoms with Gasteiger partial charge < -0.3 is 14.8 Å². The van der Waals surface area contributed by atoms with Crippen molar-refractivity contribution in [1.29, 1.82) is 0 Å². The predicted molar refractivity (Wildman–Crippen MR) is 89.4 cm³/mol. The van der Waals surface area contributed by atoms with Crippen LogP contribution in [-0.2, 0) is 11.3 Å². The first kappa shape index (κ1) is 17.1. The van der Waals surface area contributed by atoms with Crippen molar-refractivity contribution in [3.05, 3.63) is 44.5 Å². The number of hydrogen-bond acceptors (Lipinski definition) is 5. The molecule has 1 atom stereocenters. The fourth-order valence-electron chi connectivity index (χ4n) is 2.28. The molecule has 7 heteroatoms. The molecule has 1 N–H and O–H groups in total. The maximum Gasteiger partial charge on any atom is 0.307 e. The first-order valence-corrected chi connectivity index (χ1v) is 8.00. The van der Waals surface area contributed by atoms with Crippen LogP contribution in [-0.4, -0.2) is 24.7 Å². The van der Waals surface area contributed by atoms with Crippen molar-refractivity contribution in [2.45, 2.75) is 26.4 Å². The van der Waals surface area contributed by atoms with Crippen LogP contribution in [0.2, 0.25) is 0 Å². The van der Waals surface area contributed by atoms with Gasteiger partial charge >= 0.3 is 4.87 Å². The van der Waals surface area contributed by atoms with Crippen molar-refractivity contribution in [1.82, 2.24) is 9.88 Å². The summed E-state index contributed by atoms with van der Waals surface area (Å²) in [7, 11) is 3.16. The summed E-state index contributed by atoms with van der Waals surface area (Å²) in [5.74, 6) is 1.13. The number of thiazole rings is 1. The normalized spacial score (nSPS) is 11.8. The summed E-state index contributed by atoms with van der Waals surface area (Å²) in [6.07, 6.45) is 0. The summed E-state index contributed by atoms with van der Waals surface area (Å²) in [6, 6.07) is 5.14. The molecule has 0 spiro atoms. The molecule has 0 radical (unpaired) electrons. The summed E-state index contributed by atoms with van der Waals surface area (Å²) < 4.78 is 12.0. The van der Waals surface area contributed by atoms with Crippen molar-refractivity contribution >= 4 is 17.2 Å². The van der Waals surface area contributed by atoms with Gasteiger partial charge in [-0.15, -0.1) is 0 Å². The number of methoxy groups -OCH3 is 2. The van der Waals surface area contributed by atoms with Crippen LogP contribution in [0, 0.1) is 6.92 Å². The molecule has 0 aliphatic carbocycles. The van der Waals surface area contributed by atoms with Gasteiger partial charge in [-0.05, 0) is 32.0 Å². The van der Waals surface area contributed by atoms with E-state index < -0.39 is 0 Å². The third-order valence-electron chi connectivity index (χ3n) is 3.56. The fourth-order valence-corrected chi connectivity index (χ4v) is 3.02. The monoisotopic (exact) mass is 336 g/mol. The molecule has 0 saturated carbocycles. The third-order valence-corrected chi connectivity index (χ3v) is 4.44. The van der Waals surface area contributed by atoms with Gasteiger partial charge in [-0.3, -0.25) is 14.2 Å². The van der Waals surface area contributed by atoms with Crippen LogP contribution < -0.4 is 19.7 Å². The zero-order valence-corrected chi connectivity index (χ0v) is 14.4. The van der Waals surface area contributed by atoms with Crippen molar-refractivity contribution in [2.75, 3.05) is 14.2 Å². The van der Waals surface area contributed by atoms with E-state index in [-0.39, 0.29) is 23.4 Å². The van der Waals surface area contributed by atoms with E-state index in [1.54, 1.807) is 38.7 Å². The van der Waals surface area contributed by atoms with Gasteiger partial charge in [0.05, 0.1) is 20.3 Å². The van der Waals surface area contributed by atoms with Crippen LogP contribution in [0.25, 0.3) is 0 Å². The van der Waals surface area contributed by atoms with Gasteiger partial charge in [0.2, 0.25) is 5.91 Å². The summed E-state index contributed by atoms with van der Waals surface area (Å²) in [4.78, 5) is 23.8. The highest BCUT2D eigenvalue weighted by atomic mass is 32.1. The number of rotatable bonds is 6. The molecular formula is C16H20N2O4S. The molecule has 0 fully saturated rings. The van der Waals surface area contributed by atoms with Crippen LogP contribution in [0.4, 0.5) is 0 Å². The Hall–Kier alpha value is -2.28. The molecule has 23 heavy (non-hydrogen) atoms. The summed E-state index contributed by atoms with van der Waals surface area (Å²) >= 11 is 1.09. The zero-order valence-electron chi connectivity index (χ0n) is 13.6. The molecule has 1 aromatic heterocycles. The molecule has 6 nitrogen and oxygen atoms in total. The van der Waals surface area contributed by atoms with Crippen molar-refractivity contribution in [2.24, 2.45) is 0 Å². The maximum atomic E-state index is 12.2. The molecule has 1 heterocycles. The van der Waals surface area contributed by atoms with Gasteiger partial charge in [-0.25, -0.2) is 0 Å². The minimum atomic E-state index is -0.276. The average Bonchev–Trinajstić information content (AvgIpc) is 2.85. The Kier molecular flexibility index (Phi) is 5.44. The van der Waals surface area contributed by atoms with Gasteiger partial charge in [-0.2, -0.15) is 0 Å². The van der Waals surface area contributed by atoms with Crippen LogP contribution in [0.3, 0.4) is 0 Å². The number of nitrogens with one attached hydrogen (secondary N) is 1. The topological polar surface area (TPSA) is 69.6 Å². The molecule has 0 bridgehead atoms. The van der Waals surface area contributed by atoms with E-state index in [1.807, 2.05) is 13.0 Å². The second-order valence-electron chi connectivity index (χ2n) is 5.13. The number of ether oxygens (including phenoxy) is 2. The van der Waals surface area contributed by atoms with E-state index in [2.05, 4.69) is 5.32 Å². The number of carbonyl (C=O) groups is 1. The number of nitrogens with zero attached hydrogens (tertiary/aromatic N) is 1. The second-order valence-corrected chi connectivity index (χ2v) is 5.95. The fraction of sp³-hybridized carbons (Fsp3) is 0.375. The van der Waals surface area contributed by atoms with Crippen molar-refractivity contribution in [3.8, 4) is 11.5 Å². The predicted octanol–water partition coefficient (Wildman–Crippen LogP) is 2.11. The largest absolute Gasteiger partial charge is 0.497 e. The van der Waals surface area contributed by atoms with Crippen molar-refractivity contribution < 1.29 is 14.3 Å². The molecule has 0 aliphatic rings. The van der Waals surface area contributed by atoms with E-state index in [9.17, 15) is 9.59 Å². The molecule has 124 valence electrons. The van der Waals surface area contributed by atoms with E-state index in [0.29, 0.717) is 11.5 Å². The van der Waals surface area contributed by atoms with E-state index in [0.717, 1.165) is 22.6 Å². The standard InChI is InChI=1S/C16H20N2O4S/c1-10-9-23-16(20)18(10)8-15(19)17-11(2)13-7-12(21-3)5-6-14(13)22-4/h5-7,9,11H,8H2,1-4H3,(H,17,19). The third kappa shape index (κ3) is 3.92. The van der Waals surface area contributed by atoms with Gasteiger partial charge in [0.1, 0.15) is 18.0 Å². The minimum Gasteiger partial charge on any atom is -0.497 e. The lowest BCUT2D eigenvalue weighted by Gasteiger charge is -2.18. The van der Waals surface area contributed by atoms with E-state index in [4.69, 9.17) is 9.47 Å². The van der Waals surface area contributed by atoms with Crippen molar-refractivity contribution in [3.63, 3.8) is 0 Å². The summed E-state index contributed by atoms with van der Waals surface area (Å²) in [6.45, 7) is 3.67. The first-order chi connectivity index (χ1) is 11.0. The Labute approximate surface area is 138 Å². The lowest BCUT2D eigenvalue weighted by molar-refractivity contribution is -0.122. The molecule has 0 aliphatic heterocycles. The minimum absolute atomic E-state index is 0.00475. The molecule has 0 saturated heterocycles. The van der Waals surface area contributed by atoms with E-state index >= 15 is 0 Å². The maximum absolute atomic E-state index is 12.2. The molecule has 1 amide bonds. The lowest BCUT2D eigenvalue weighted by Crippen LogP contribution is -2.33. The molecule has 1 unspecified atom stereocenters. The van der Waals surface area contributed by atoms with E-state index in [1.165, 1.54) is 4.57 Å². The summed E-state index contributed by atoms with van der Waals surface area (Å²) in [5, 5.41) is 4.63. The second kappa shape index (κ2) is 7.32. The zero-order chi connectivity index (χ0) is 17.0. The van der Waals surface area contributed by atoms with Gasteiger partial charge in [0.15, 0.2) is 0 Å². The Bertz CT molecular complexity index is 751. The van der Waals surface area contributed by atoms with Crippen LogP contribution in [0.15, 0.2) is 28.4 Å². The number of aromatic nitrogens is 1. The van der Waals surface area contributed by atoms with Crippen LogP contribution in [0.1, 0.15) is 24.2 Å². The molecule has 1 aromatic carbocycles. The number of amides is 1. The lowest BCUT2D eigenvalue weighted by atomic mass is 10.1. The number of benzene rings is 1. The van der Waals surface area contributed by atoms with Gasteiger partial charge in [0, 0.05) is 16.6 Å². The van der Waals surface area contributed by atoms with Crippen LogP contribution in [0.5, 0.6) is 11.5 Å². The Morgan fingerprint density at radius 2 is 2.09 bits per heavy atom. The SMILES string of the molecule is COc1ccc(OC)c(C(C)NC(=O)Cn2c(C)csc2=O)c1. The Morgan fingerprint density at radius 3 is 2.65 bits per heavy atom. The molecular weight excluding hydrogens is 316 g/mol. The number of carbonyl (C=O) groups excluding carboxylic acids is 1. The number of aryl methyl sites for hydroxylation is 1. The molecule has 2 rings (SSSR count). The Balaban J connectivity index is 2.13. The molecule has 2 aromatic rings. The summed E-state index contributed by atoms with van der Waals surface area (Å²) in [5.41, 5.74) is 1.59. The quantitative estimate of drug-likeness (QED) is 0.877.